The van der Waals surface area contributed by atoms with E-state index in [2.05, 4.69) is 25.9 Å². The summed E-state index contributed by atoms with van der Waals surface area (Å²) >= 11 is 3.34. The zero-order valence-corrected chi connectivity index (χ0v) is 11.3. The van der Waals surface area contributed by atoms with Gasteiger partial charge in [-0.15, -0.1) is 0 Å². The van der Waals surface area contributed by atoms with E-state index in [1.807, 2.05) is 6.92 Å². The van der Waals surface area contributed by atoms with Gasteiger partial charge in [0, 0.05) is 6.42 Å². The van der Waals surface area contributed by atoms with E-state index in [4.69, 9.17) is 10.5 Å². The standard InChI is InChI=1S/C12H12BrN3O2/c1-2-9-15-10(17)6-11(16-9)18-12-7(13)4-3-5-8(12)14/h3-6H,2,14H2,1H3,(H,15,16,17). The number of nitrogens with one attached hydrogen (secondary N) is 1. The summed E-state index contributed by atoms with van der Waals surface area (Å²) in [5.74, 6) is 1.26. The third-order valence-corrected chi connectivity index (χ3v) is 2.93. The maximum absolute atomic E-state index is 11.4. The monoisotopic (exact) mass is 309 g/mol. The Morgan fingerprint density at radius 1 is 1.50 bits per heavy atom. The van der Waals surface area contributed by atoms with Crippen molar-refractivity contribution >= 4 is 21.6 Å². The number of aryl methyl sites for hydroxylation is 1. The molecule has 94 valence electrons. The van der Waals surface area contributed by atoms with Crippen LogP contribution in [0, 0.1) is 0 Å². The Hall–Kier alpha value is -1.82. The summed E-state index contributed by atoms with van der Waals surface area (Å²) in [7, 11) is 0. The molecule has 5 nitrogen and oxygen atoms in total. The molecule has 3 N–H and O–H groups in total. The van der Waals surface area contributed by atoms with Crippen molar-refractivity contribution in [3.63, 3.8) is 0 Å². The van der Waals surface area contributed by atoms with Crippen LogP contribution in [0.5, 0.6) is 11.6 Å². The highest BCUT2D eigenvalue weighted by Gasteiger charge is 2.09. The van der Waals surface area contributed by atoms with E-state index in [0.717, 1.165) is 0 Å². The van der Waals surface area contributed by atoms with Crippen LogP contribution >= 0.6 is 15.9 Å². The minimum Gasteiger partial charge on any atom is -0.435 e. The molecule has 2 aromatic rings. The molecule has 0 aliphatic carbocycles. The van der Waals surface area contributed by atoms with Crippen LogP contribution < -0.4 is 16.0 Å². The lowest BCUT2D eigenvalue weighted by Crippen LogP contribution is -2.10. The van der Waals surface area contributed by atoms with Crippen molar-refractivity contribution in [2.45, 2.75) is 13.3 Å². The van der Waals surface area contributed by atoms with Gasteiger partial charge in [-0.05, 0) is 28.1 Å². The number of anilines is 1. The average Bonchev–Trinajstić information content (AvgIpc) is 2.33. The number of nitrogens with two attached hydrogens (primary N) is 1. The van der Waals surface area contributed by atoms with Crippen LogP contribution in [0.1, 0.15) is 12.7 Å². The zero-order valence-electron chi connectivity index (χ0n) is 9.74. The Morgan fingerprint density at radius 2 is 2.28 bits per heavy atom. The first kappa shape index (κ1) is 12.6. The molecule has 18 heavy (non-hydrogen) atoms. The number of rotatable bonds is 3. The Kier molecular flexibility index (Phi) is 3.66. The molecule has 1 aromatic carbocycles. The second-order valence-corrected chi connectivity index (χ2v) is 4.50. The third-order valence-electron chi connectivity index (χ3n) is 2.31. The van der Waals surface area contributed by atoms with Crippen LogP contribution in [0.15, 0.2) is 33.5 Å². The topological polar surface area (TPSA) is 81.0 Å². The highest BCUT2D eigenvalue weighted by atomic mass is 79.9. The number of hydrogen-bond acceptors (Lipinski definition) is 4. The van der Waals surface area contributed by atoms with E-state index in [1.165, 1.54) is 6.07 Å². The summed E-state index contributed by atoms with van der Waals surface area (Å²) in [5, 5.41) is 0. The third kappa shape index (κ3) is 2.70. The second kappa shape index (κ2) is 5.22. The second-order valence-electron chi connectivity index (χ2n) is 3.64. The molecule has 0 saturated heterocycles. The van der Waals surface area contributed by atoms with Crippen molar-refractivity contribution in [1.82, 2.24) is 9.97 Å². The molecule has 1 aromatic heterocycles. The molecule has 0 atom stereocenters. The highest BCUT2D eigenvalue weighted by molar-refractivity contribution is 9.10. The van der Waals surface area contributed by atoms with Gasteiger partial charge in [0.2, 0.25) is 5.88 Å². The van der Waals surface area contributed by atoms with Crippen LogP contribution in [-0.4, -0.2) is 9.97 Å². The summed E-state index contributed by atoms with van der Waals surface area (Å²) in [4.78, 5) is 18.2. The minimum atomic E-state index is -0.248. The van der Waals surface area contributed by atoms with Gasteiger partial charge in [0.15, 0.2) is 5.75 Å². The highest BCUT2D eigenvalue weighted by Crippen LogP contribution is 2.33. The number of aromatic nitrogens is 2. The Balaban J connectivity index is 2.40. The molecule has 0 aliphatic rings. The van der Waals surface area contributed by atoms with Crippen LogP contribution in [0.25, 0.3) is 0 Å². The van der Waals surface area contributed by atoms with Crippen LogP contribution in [0.4, 0.5) is 5.69 Å². The van der Waals surface area contributed by atoms with Gasteiger partial charge in [0.05, 0.1) is 16.2 Å². The maximum atomic E-state index is 11.4. The van der Waals surface area contributed by atoms with Crippen LogP contribution in [0.3, 0.4) is 0 Å². The summed E-state index contributed by atoms with van der Waals surface area (Å²) in [5.41, 5.74) is 6.04. The van der Waals surface area contributed by atoms with Gasteiger partial charge in [-0.3, -0.25) is 4.79 Å². The number of hydrogen-bond donors (Lipinski definition) is 2. The lowest BCUT2D eigenvalue weighted by atomic mass is 10.3. The molecule has 0 bridgehead atoms. The molecule has 0 spiro atoms. The number of nitrogen functional groups attached to an aromatic ring is 1. The van der Waals surface area contributed by atoms with Crippen molar-refractivity contribution < 1.29 is 4.74 Å². The van der Waals surface area contributed by atoms with E-state index in [9.17, 15) is 4.79 Å². The SMILES string of the molecule is CCc1nc(Oc2c(N)cccc2Br)cc(=O)[nH]1. The van der Waals surface area contributed by atoms with Gasteiger partial charge in [0.1, 0.15) is 5.82 Å². The van der Waals surface area contributed by atoms with Gasteiger partial charge in [-0.2, -0.15) is 4.98 Å². The lowest BCUT2D eigenvalue weighted by molar-refractivity contribution is 0.457. The molecule has 1 heterocycles. The number of H-pyrrole nitrogens is 1. The Labute approximate surface area is 112 Å². The van der Waals surface area contributed by atoms with E-state index >= 15 is 0 Å². The van der Waals surface area contributed by atoms with Crippen molar-refractivity contribution in [3.05, 3.63) is 44.9 Å². The quantitative estimate of drug-likeness (QED) is 0.853. The summed E-state index contributed by atoms with van der Waals surface area (Å²) < 4.78 is 6.27. The molecule has 0 amide bonds. The lowest BCUT2D eigenvalue weighted by Gasteiger charge is -2.09. The van der Waals surface area contributed by atoms with E-state index in [-0.39, 0.29) is 11.4 Å². The number of aromatic amines is 1. The molecule has 0 fully saturated rings. The van der Waals surface area contributed by atoms with Crippen LogP contribution in [0.2, 0.25) is 0 Å². The Bertz CT molecular complexity index is 605. The summed E-state index contributed by atoms with van der Waals surface area (Å²) in [6.07, 6.45) is 0.623. The number of ether oxygens (including phenoxy) is 1. The molecule has 0 saturated carbocycles. The van der Waals surface area contributed by atoms with Gasteiger partial charge in [0.25, 0.3) is 5.56 Å². The van der Waals surface area contributed by atoms with E-state index < -0.39 is 0 Å². The van der Waals surface area contributed by atoms with Crippen molar-refractivity contribution in [1.29, 1.82) is 0 Å². The van der Waals surface area contributed by atoms with Gasteiger partial charge in [-0.1, -0.05) is 13.0 Å². The molecular weight excluding hydrogens is 298 g/mol. The predicted octanol–water partition coefficient (Wildman–Crippen LogP) is 2.47. The summed E-state index contributed by atoms with van der Waals surface area (Å²) in [6, 6.07) is 6.61. The molecule has 2 rings (SSSR count). The zero-order chi connectivity index (χ0) is 13.1. The average molecular weight is 310 g/mol. The molecule has 6 heteroatoms. The largest absolute Gasteiger partial charge is 0.435 e. The molecule has 0 radical (unpaired) electrons. The van der Waals surface area contributed by atoms with Crippen molar-refractivity contribution in [2.75, 3.05) is 5.73 Å². The van der Waals surface area contributed by atoms with E-state index in [0.29, 0.717) is 28.2 Å². The Morgan fingerprint density at radius 3 is 2.94 bits per heavy atom. The van der Waals surface area contributed by atoms with Gasteiger partial charge < -0.3 is 15.5 Å². The number of halogens is 1. The first-order valence-corrected chi connectivity index (χ1v) is 6.21. The molecular formula is C12H12BrN3O2. The molecule has 0 unspecified atom stereocenters. The van der Waals surface area contributed by atoms with Gasteiger partial charge in [-0.25, -0.2) is 0 Å². The smallest absolute Gasteiger partial charge is 0.254 e. The number of nitrogens with zero attached hydrogens (tertiary/aromatic N) is 1. The fourth-order valence-electron chi connectivity index (χ4n) is 1.44. The summed E-state index contributed by atoms with van der Waals surface area (Å²) in [6.45, 7) is 1.90. The van der Waals surface area contributed by atoms with Crippen molar-refractivity contribution in [3.8, 4) is 11.6 Å². The van der Waals surface area contributed by atoms with Crippen LogP contribution in [-0.2, 0) is 6.42 Å². The normalized spacial score (nSPS) is 10.3. The first-order chi connectivity index (χ1) is 8.60. The first-order valence-electron chi connectivity index (χ1n) is 5.42. The van der Waals surface area contributed by atoms with Gasteiger partial charge >= 0.3 is 0 Å². The fourth-order valence-corrected chi connectivity index (χ4v) is 1.90. The minimum absolute atomic E-state index is 0.231. The molecule has 0 aliphatic heterocycles. The fraction of sp³-hybridized carbons (Fsp3) is 0.167. The maximum Gasteiger partial charge on any atom is 0.254 e. The number of benzene rings is 1. The van der Waals surface area contributed by atoms with Crippen molar-refractivity contribution in [2.24, 2.45) is 0 Å². The van der Waals surface area contributed by atoms with E-state index in [1.54, 1.807) is 18.2 Å². The number of para-hydroxylation sites is 1. The predicted molar refractivity (Wildman–Crippen MR) is 72.9 cm³/mol.